The number of non-ortho nitro benzene ring substituents is 1. The first-order valence-electron chi connectivity index (χ1n) is 7.41. The normalized spacial score (nSPS) is 16.9. The molecule has 8 nitrogen and oxygen atoms in total. The van der Waals surface area contributed by atoms with E-state index in [9.17, 15) is 29.9 Å². The van der Waals surface area contributed by atoms with Crippen molar-refractivity contribution in [1.29, 1.82) is 0 Å². The molecule has 8 heteroatoms. The Morgan fingerprint density at radius 3 is 2.00 bits per heavy atom. The van der Waals surface area contributed by atoms with Gasteiger partial charge in [-0.25, -0.2) is 9.59 Å². The van der Waals surface area contributed by atoms with Crippen LogP contribution in [0.3, 0.4) is 0 Å². The minimum Gasteiger partial charge on any atom is -0.478 e. The van der Waals surface area contributed by atoms with Gasteiger partial charge in [-0.1, -0.05) is 12.1 Å². The number of carboxylic acid groups (broad SMARTS) is 2. The van der Waals surface area contributed by atoms with Crippen LogP contribution < -0.4 is 0 Å². The number of carbonyl (C=O) groups is 2. The highest BCUT2D eigenvalue weighted by Crippen LogP contribution is 2.47. The van der Waals surface area contributed by atoms with Crippen molar-refractivity contribution in [2.24, 2.45) is 0 Å². The number of nitro groups is 1. The third-order valence-corrected chi connectivity index (χ3v) is 4.79. The largest absolute Gasteiger partial charge is 0.478 e. The Labute approximate surface area is 143 Å². The van der Waals surface area contributed by atoms with E-state index in [4.69, 9.17) is 0 Å². The van der Waals surface area contributed by atoms with Gasteiger partial charge in [-0.15, -0.1) is 0 Å². The van der Waals surface area contributed by atoms with Crippen molar-refractivity contribution in [3.63, 3.8) is 0 Å². The maximum Gasteiger partial charge on any atom is 0.334 e. The second-order valence-electron chi connectivity index (χ2n) is 6.02. The third kappa shape index (κ3) is 2.65. The highest BCUT2D eigenvalue weighted by molar-refractivity contribution is 6.00. The molecule has 0 radical (unpaired) electrons. The van der Waals surface area contributed by atoms with Crippen LogP contribution in [0.1, 0.15) is 26.3 Å². The molecule has 2 rings (SSSR count). The number of nitrogens with zero attached hydrogens (tertiary/aromatic N) is 2. The number of benzene rings is 1. The molecule has 2 N–H and O–H groups in total. The number of nitro benzene ring substituents is 1. The highest BCUT2D eigenvalue weighted by Gasteiger charge is 2.48. The summed E-state index contributed by atoms with van der Waals surface area (Å²) in [5, 5.41) is 30.6. The molecule has 0 bridgehead atoms. The molecule has 0 aliphatic carbocycles. The van der Waals surface area contributed by atoms with Crippen LogP contribution in [0.2, 0.25) is 0 Å². The molecule has 1 aromatic carbocycles. The molecule has 0 fully saturated rings. The summed E-state index contributed by atoms with van der Waals surface area (Å²) in [4.78, 5) is 35.9. The number of hydrogen-bond donors (Lipinski definition) is 2. The summed E-state index contributed by atoms with van der Waals surface area (Å²) in [6.45, 7) is 4.64. The SMILES string of the molecule is CC1=C(C(=O)O)C(C)(c2cccc([N+](=O)[O-])c2)C(C(=O)O)=C(C)N1C. The van der Waals surface area contributed by atoms with E-state index in [0.29, 0.717) is 11.4 Å². The fraction of sp³-hybridized carbons (Fsp3) is 0.294. The van der Waals surface area contributed by atoms with E-state index in [1.54, 1.807) is 20.9 Å². The van der Waals surface area contributed by atoms with Gasteiger partial charge < -0.3 is 15.1 Å². The van der Waals surface area contributed by atoms with Crippen molar-refractivity contribution in [2.45, 2.75) is 26.2 Å². The lowest BCUT2D eigenvalue weighted by Gasteiger charge is -2.41. The summed E-state index contributed by atoms with van der Waals surface area (Å²) >= 11 is 0. The molecule has 0 amide bonds. The fourth-order valence-corrected chi connectivity index (χ4v) is 3.39. The molecule has 0 saturated carbocycles. The molecule has 0 aromatic heterocycles. The summed E-state index contributed by atoms with van der Waals surface area (Å²) in [7, 11) is 1.59. The second-order valence-corrected chi connectivity index (χ2v) is 6.02. The molecule has 25 heavy (non-hydrogen) atoms. The predicted molar refractivity (Wildman–Crippen MR) is 88.9 cm³/mol. The zero-order valence-corrected chi connectivity index (χ0v) is 14.2. The zero-order chi connectivity index (χ0) is 19.1. The third-order valence-electron chi connectivity index (χ3n) is 4.79. The Balaban J connectivity index is 2.92. The van der Waals surface area contributed by atoms with Gasteiger partial charge in [0.2, 0.25) is 0 Å². The van der Waals surface area contributed by atoms with Crippen LogP contribution in [0.15, 0.2) is 46.8 Å². The van der Waals surface area contributed by atoms with Crippen LogP contribution in [-0.2, 0) is 15.0 Å². The molecule has 1 heterocycles. The summed E-state index contributed by atoms with van der Waals surface area (Å²) in [5.41, 5.74) is -1.03. The van der Waals surface area contributed by atoms with Gasteiger partial charge in [-0.3, -0.25) is 10.1 Å². The predicted octanol–water partition coefficient (Wildman–Crippen LogP) is 2.52. The van der Waals surface area contributed by atoms with Gasteiger partial charge in [-0.2, -0.15) is 0 Å². The van der Waals surface area contributed by atoms with Gasteiger partial charge in [-0.05, 0) is 26.3 Å². The van der Waals surface area contributed by atoms with E-state index in [0.717, 1.165) is 0 Å². The molecule has 0 saturated heterocycles. The average Bonchev–Trinajstić information content (AvgIpc) is 2.52. The van der Waals surface area contributed by atoms with Gasteiger partial charge in [0.1, 0.15) is 0 Å². The summed E-state index contributed by atoms with van der Waals surface area (Å²) in [5.74, 6) is -2.55. The van der Waals surface area contributed by atoms with Crippen LogP contribution >= 0.6 is 0 Å². The van der Waals surface area contributed by atoms with Crippen LogP contribution in [0.5, 0.6) is 0 Å². The Morgan fingerprint density at radius 1 is 1.12 bits per heavy atom. The Bertz CT molecular complexity index is 814. The minimum atomic E-state index is -1.54. The monoisotopic (exact) mass is 346 g/mol. The van der Waals surface area contributed by atoms with Gasteiger partial charge in [0, 0.05) is 30.6 Å². The smallest absolute Gasteiger partial charge is 0.334 e. The van der Waals surface area contributed by atoms with Crippen LogP contribution in [0.4, 0.5) is 5.69 Å². The standard InChI is InChI=1S/C17H18N2O6/c1-9-13(15(20)21)17(3,14(16(22)23)10(2)18(9)4)11-6-5-7-12(8-11)19(24)25/h5-8H,1-4H3,(H,20,21)(H,22,23). The molecule has 0 spiro atoms. The fourth-order valence-electron chi connectivity index (χ4n) is 3.39. The van der Waals surface area contributed by atoms with Crippen molar-refractivity contribution in [2.75, 3.05) is 7.05 Å². The summed E-state index contributed by atoms with van der Waals surface area (Å²) < 4.78 is 0. The number of hydrogen-bond acceptors (Lipinski definition) is 5. The van der Waals surface area contributed by atoms with Crippen molar-refractivity contribution in [1.82, 2.24) is 4.90 Å². The van der Waals surface area contributed by atoms with E-state index in [1.165, 1.54) is 36.1 Å². The highest BCUT2D eigenvalue weighted by atomic mass is 16.6. The van der Waals surface area contributed by atoms with Crippen molar-refractivity contribution < 1.29 is 24.7 Å². The summed E-state index contributed by atoms with van der Waals surface area (Å²) in [6, 6.07) is 5.42. The minimum absolute atomic E-state index is 0.126. The van der Waals surface area contributed by atoms with E-state index in [2.05, 4.69) is 0 Å². The molecule has 1 aromatic rings. The Morgan fingerprint density at radius 2 is 1.60 bits per heavy atom. The molecular weight excluding hydrogens is 328 g/mol. The van der Waals surface area contributed by atoms with Crippen LogP contribution in [0.25, 0.3) is 0 Å². The molecule has 1 aliphatic heterocycles. The number of allylic oxidation sites excluding steroid dienone is 2. The number of carboxylic acids is 2. The van der Waals surface area contributed by atoms with E-state index in [1.807, 2.05) is 0 Å². The lowest BCUT2D eigenvalue weighted by Crippen LogP contribution is -2.43. The van der Waals surface area contributed by atoms with Gasteiger partial charge >= 0.3 is 11.9 Å². The lowest BCUT2D eigenvalue weighted by molar-refractivity contribution is -0.384. The van der Waals surface area contributed by atoms with Crippen LogP contribution in [0, 0.1) is 10.1 Å². The number of aliphatic carboxylic acids is 2. The first-order valence-corrected chi connectivity index (χ1v) is 7.41. The Kier molecular flexibility index (Phi) is 4.40. The van der Waals surface area contributed by atoms with E-state index >= 15 is 0 Å². The number of rotatable bonds is 4. The molecule has 1 aliphatic rings. The van der Waals surface area contributed by atoms with E-state index < -0.39 is 22.3 Å². The second kappa shape index (κ2) is 6.04. The van der Waals surface area contributed by atoms with Crippen LogP contribution in [-0.4, -0.2) is 39.0 Å². The van der Waals surface area contributed by atoms with Gasteiger partial charge in [0.25, 0.3) is 5.69 Å². The van der Waals surface area contributed by atoms with Gasteiger partial charge in [0.15, 0.2) is 0 Å². The maximum absolute atomic E-state index is 12.0. The van der Waals surface area contributed by atoms with Gasteiger partial charge in [0.05, 0.1) is 21.5 Å². The quantitative estimate of drug-likeness (QED) is 0.634. The van der Waals surface area contributed by atoms with Crippen molar-refractivity contribution in [3.8, 4) is 0 Å². The topological polar surface area (TPSA) is 121 Å². The van der Waals surface area contributed by atoms with E-state index in [-0.39, 0.29) is 22.4 Å². The maximum atomic E-state index is 12.0. The Hall–Kier alpha value is -3.16. The average molecular weight is 346 g/mol. The molecule has 132 valence electrons. The molecule has 0 atom stereocenters. The molecule has 0 unspecified atom stereocenters. The first kappa shape index (κ1) is 18.2. The van der Waals surface area contributed by atoms with Crippen molar-refractivity contribution >= 4 is 17.6 Å². The van der Waals surface area contributed by atoms with Crippen molar-refractivity contribution in [3.05, 3.63) is 62.5 Å². The first-order chi connectivity index (χ1) is 11.5. The summed E-state index contributed by atoms with van der Waals surface area (Å²) in [6.07, 6.45) is 0. The molecular formula is C17H18N2O6. The lowest BCUT2D eigenvalue weighted by atomic mass is 9.67. The zero-order valence-electron chi connectivity index (χ0n) is 14.2.